The van der Waals surface area contributed by atoms with E-state index in [1.807, 2.05) is 4.68 Å². The molecule has 0 atom stereocenters. The van der Waals surface area contributed by atoms with Crippen LogP contribution in [0.15, 0.2) is 5.16 Å². The van der Waals surface area contributed by atoms with Crippen molar-refractivity contribution in [3.8, 4) is 0 Å². The molecule has 1 aromatic heterocycles. The normalized spacial score (nSPS) is 16.1. The molecule has 0 unspecified atom stereocenters. The summed E-state index contributed by atoms with van der Waals surface area (Å²) in [5.74, 6) is 1.06. The molecule has 1 fully saturated rings. The SMILES string of the molecule is NCCCCSc1nnnn1C1CC1. The monoisotopic (exact) mass is 213 g/mol. The van der Waals surface area contributed by atoms with Crippen molar-refractivity contribution < 1.29 is 0 Å². The van der Waals surface area contributed by atoms with E-state index in [4.69, 9.17) is 5.73 Å². The van der Waals surface area contributed by atoms with Crippen molar-refractivity contribution in [1.82, 2.24) is 20.2 Å². The van der Waals surface area contributed by atoms with Crippen molar-refractivity contribution in [1.29, 1.82) is 0 Å². The van der Waals surface area contributed by atoms with Gasteiger partial charge in [0.1, 0.15) is 0 Å². The van der Waals surface area contributed by atoms with Crippen molar-refractivity contribution in [2.45, 2.75) is 36.9 Å². The Kier molecular flexibility index (Phi) is 3.36. The quantitative estimate of drug-likeness (QED) is 0.560. The lowest BCUT2D eigenvalue weighted by molar-refractivity contribution is 0.565. The maximum absolute atomic E-state index is 5.42. The molecule has 0 aromatic carbocycles. The fraction of sp³-hybridized carbons (Fsp3) is 0.875. The third-order valence-electron chi connectivity index (χ3n) is 2.18. The number of rotatable bonds is 6. The molecule has 0 aliphatic heterocycles. The molecule has 0 radical (unpaired) electrons. The summed E-state index contributed by atoms with van der Waals surface area (Å²) in [4.78, 5) is 0. The molecule has 78 valence electrons. The number of thioether (sulfide) groups is 1. The smallest absolute Gasteiger partial charge is 0.209 e. The molecule has 1 aromatic rings. The summed E-state index contributed by atoms with van der Waals surface area (Å²) in [7, 11) is 0. The van der Waals surface area contributed by atoms with Gasteiger partial charge in [0.15, 0.2) is 0 Å². The van der Waals surface area contributed by atoms with Crippen LogP contribution in [-0.4, -0.2) is 32.5 Å². The molecule has 0 bridgehead atoms. The van der Waals surface area contributed by atoms with Crippen LogP contribution in [0.1, 0.15) is 31.7 Å². The van der Waals surface area contributed by atoms with E-state index in [1.165, 1.54) is 12.8 Å². The van der Waals surface area contributed by atoms with Gasteiger partial charge in [-0.1, -0.05) is 11.8 Å². The zero-order valence-corrected chi connectivity index (χ0v) is 8.91. The number of tetrazole rings is 1. The van der Waals surface area contributed by atoms with Gasteiger partial charge in [0.2, 0.25) is 5.16 Å². The summed E-state index contributed by atoms with van der Waals surface area (Å²) in [6.45, 7) is 0.772. The van der Waals surface area contributed by atoms with Gasteiger partial charge in [-0.2, -0.15) is 0 Å². The number of aromatic nitrogens is 4. The van der Waals surface area contributed by atoms with Gasteiger partial charge in [-0.3, -0.25) is 0 Å². The van der Waals surface area contributed by atoms with E-state index in [0.29, 0.717) is 6.04 Å². The molecule has 1 heterocycles. The topological polar surface area (TPSA) is 69.6 Å². The number of nitrogens with zero attached hydrogens (tertiary/aromatic N) is 4. The Balaban J connectivity index is 1.80. The van der Waals surface area contributed by atoms with Gasteiger partial charge in [-0.15, -0.1) is 5.10 Å². The van der Waals surface area contributed by atoms with Crippen LogP contribution in [0.3, 0.4) is 0 Å². The maximum atomic E-state index is 5.42. The fourth-order valence-corrected chi connectivity index (χ4v) is 2.18. The highest BCUT2D eigenvalue weighted by Crippen LogP contribution is 2.36. The zero-order valence-electron chi connectivity index (χ0n) is 8.09. The molecule has 1 aliphatic rings. The second kappa shape index (κ2) is 4.75. The number of unbranched alkanes of at least 4 members (excludes halogenated alkanes) is 1. The van der Waals surface area contributed by atoms with E-state index < -0.39 is 0 Å². The minimum Gasteiger partial charge on any atom is -0.330 e. The lowest BCUT2D eigenvalue weighted by Crippen LogP contribution is -2.01. The average Bonchev–Trinajstić information content (AvgIpc) is 2.94. The van der Waals surface area contributed by atoms with Crippen molar-refractivity contribution in [2.75, 3.05) is 12.3 Å². The molecule has 0 saturated heterocycles. The highest BCUT2D eigenvalue weighted by Gasteiger charge is 2.27. The van der Waals surface area contributed by atoms with Crippen LogP contribution in [-0.2, 0) is 0 Å². The van der Waals surface area contributed by atoms with Crippen LogP contribution >= 0.6 is 11.8 Å². The van der Waals surface area contributed by atoms with Crippen LogP contribution in [0, 0.1) is 0 Å². The predicted molar refractivity (Wildman–Crippen MR) is 55.1 cm³/mol. The average molecular weight is 213 g/mol. The fourth-order valence-electron chi connectivity index (χ4n) is 1.24. The first-order chi connectivity index (χ1) is 6.92. The first-order valence-electron chi connectivity index (χ1n) is 5.02. The lowest BCUT2D eigenvalue weighted by atomic mass is 10.3. The standard InChI is InChI=1S/C8H15N5S/c9-5-1-2-6-14-8-10-11-12-13(8)7-3-4-7/h7H,1-6,9H2. The van der Waals surface area contributed by atoms with Gasteiger partial charge in [0.05, 0.1) is 6.04 Å². The number of hydrogen-bond donors (Lipinski definition) is 1. The molecule has 2 N–H and O–H groups in total. The molecule has 6 heteroatoms. The van der Waals surface area contributed by atoms with Crippen LogP contribution in [0.2, 0.25) is 0 Å². The van der Waals surface area contributed by atoms with Crippen molar-refractivity contribution >= 4 is 11.8 Å². The third kappa shape index (κ3) is 2.45. The molecular weight excluding hydrogens is 198 g/mol. The van der Waals surface area contributed by atoms with E-state index in [0.717, 1.165) is 30.3 Å². The molecule has 0 amide bonds. The Labute approximate surface area is 87.4 Å². The van der Waals surface area contributed by atoms with Crippen LogP contribution in [0.4, 0.5) is 0 Å². The Morgan fingerprint density at radius 2 is 2.29 bits per heavy atom. The zero-order chi connectivity index (χ0) is 9.80. The van der Waals surface area contributed by atoms with Gasteiger partial charge >= 0.3 is 0 Å². The first-order valence-corrected chi connectivity index (χ1v) is 6.01. The molecule has 1 saturated carbocycles. The summed E-state index contributed by atoms with van der Waals surface area (Å²) < 4.78 is 1.95. The number of nitrogens with two attached hydrogens (primary N) is 1. The van der Waals surface area contributed by atoms with E-state index >= 15 is 0 Å². The predicted octanol–water partition coefficient (Wildman–Crippen LogP) is 0.839. The number of hydrogen-bond acceptors (Lipinski definition) is 5. The summed E-state index contributed by atoms with van der Waals surface area (Å²) >= 11 is 1.73. The van der Waals surface area contributed by atoms with Crippen molar-refractivity contribution in [3.05, 3.63) is 0 Å². The summed E-state index contributed by atoms with van der Waals surface area (Å²) in [5.41, 5.74) is 5.42. The molecule has 1 aliphatic carbocycles. The third-order valence-corrected chi connectivity index (χ3v) is 3.20. The Morgan fingerprint density at radius 1 is 1.43 bits per heavy atom. The minimum atomic E-state index is 0.571. The van der Waals surface area contributed by atoms with E-state index in [9.17, 15) is 0 Å². The first kappa shape index (κ1) is 9.92. The highest BCUT2D eigenvalue weighted by molar-refractivity contribution is 7.99. The Bertz CT molecular complexity index is 283. The highest BCUT2D eigenvalue weighted by atomic mass is 32.2. The molecular formula is C8H15N5S. The summed E-state index contributed by atoms with van der Waals surface area (Å²) in [6, 6.07) is 0.571. The van der Waals surface area contributed by atoms with Gasteiger partial charge in [-0.05, 0) is 42.7 Å². The van der Waals surface area contributed by atoms with E-state index in [-0.39, 0.29) is 0 Å². The lowest BCUT2D eigenvalue weighted by Gasteiger charge is -2.00. The molecule has 14 heavy (non-hydrogen) atoms. The van der Waals surface area contributed by atoms with Crippen LogP contribution < -0.4 is 5.73 Å². The second-order valence-electron chi connectivity index (χ2n) is 3.48. The summed E-state index contributed by atoms with van der Waals surface area (Å²) in [6.07, 6.45) is 4.67. The maximum Gasteiger partial charge on any atom is 0.209 e. The van der Waals surface area contributed by atoms with Gasteiger partial charge < -0.3 is 5.73 Å². The minimum absolute atomic E-state index is 0.571. The van der Waals surface area contributed by atoms with Gasteiger partial charge in [-0.25, -0.2) is 4.68 Å². The Morgan fingerprint density at radius 3 is 3.00 bits per heavy atom. The van der Waals surface area contributed by atoms with Crippen LogP contribution in [0.5, 0.6) is 0 Å². The van der Waals surface area contributed by atoms with Crippen LogP contribution in [0.25, 0.3) is 0 Å². The molecule has 0 spiro atoms. The van der Waals surface area contributed by atoms with Crippen molar-refractivity contribution in [2.24, 2.45) is 5.73 Å². The van der Waals surface area contributed by atoms with Gasteiger partial charge in [0.25, 0.3) is 0 Å². The summed E-state index contributed by atoms with van der Waals surface area (Å²) in [5, 5.41) is 12.7. The van der Waals surface area contributed by atoms with Crippen molar-refractivity contribution in [3.63, 3.8) is 0 Å². The molecule has 2 rings (SSSR count). The van der Waals surface area contributed by atoms with Gasteiger partial charge in [0, 0.05) is 5.75 Å². The van der Waals surface area contributed by atoms with E-state index in [1.54, 1.807) is 11.8 Å². The second-order valence-corrected chi connectivity index (χ2v) is 4.54. The largest absolute Gasteiger partial charge is 0.330 e. The Hall–Kier alpha value is -0.620. The van der Waals surface area contributed by atoms with E-state index in [2.05, 4.69) is 15.5 Å². The molecule has 5 nitrogen and oxygen atoms in total.